The van der Waals surface area contributed by atoms with Gasteiger partial charge in [-0.2, -0.15) is 0 Å². The van der Waals surface area contributed by atoms with Gasteiger partial charge in [-0.3, -0.25) is 4.79 Å². The Hall–Kier alpha value is -2.66. The van der Waals surface area contributed by atoms with E-state index >= 15 is 0 Å². The molecule has 28 heavy (non-hydrogen) atoms. The molecule has 5 heteroatoms. The lowest BCUT2D eigenvalue weighted by molar-refractivity contribution is -0.129. The van der Waals surface area contributed by atoms with E-state index in [4.69, 9.17) is 4.74 Å². The highest BCUT2D eigenvalue weighted by atomic mass is 79.9. The summed E-state index contributed by atoms with van der Waals surface area (Å²) in [6.07, 6.45) is 2.96. The van der Waals surface area contributed by atoms with Crippen molar-refractivity contribution < 1.29 is 9.53 Å². The minimum atomic E-state index is -0.00178. The molecule has 2 aromatic carbocycles. The number of halogens is 1. The molecule has 1 saturated heterocycles. The molecular weight excluding hydrogens is 416 g/mol. The molecule has 0 saturated carbocycles. The van der Waals surface area contributed by atoms with Gasteiger partial charge in [0.05, 0.1) is 13.0 Å². The number of nitrogens with zero attached hydrogens (tertiary/aromatic N) is 2. The molecule has 1 fully saturated rings. The molecule has 0 bridgehead atoms. The number of hydrogen-bond acceptors (Lipinski definition) is 3. The third kappa shape index (κ3) is 4.60. The number of aromatic nitrogens is 1. The number of pyridine rings is 1. The van der Waals surface area contributed by atoms with Crippen LogP contribution in [0.2, 0.25) is 0 Å². The fourth-order valence-corrected chi connectivity index (χ4v) is 3.62. The molecule has 1 aliphatic heterocycles. The molecule has 1 aliphatic rings. The summed E-state index contributed by atoms with van der Waals surface area (Å²) >= 11 is 3.36. The number of hydrogen-bond donors (Lipinski definition) is 0. The van der Waals surface area contributed by atoms with Crippen molar-refractivity contribution in [2.24, 2.45) is 0 Å². The summed E-state index contributed by atoms with van der Waals surface area (Å²) in [6.45, 7) is 1.33. The number of benzene rings is 2. The second kappa shape index (κ2) is 8.57. The lowest BCUT2D eigenvalue weighted by atomic mass is 10.0. The van der Waals surface area contributed by atoms with Crippen LogP contribution in [0.15, 0.2) is 77.4 Å². The number of likely N-dealkylation sites (tertiary alicyclic amines) is 1. The fraction of sp³-hybridized carbons (Fsp3) is 0.217. The molecule has 4 nitrogen and oxygen atoms in total. The Labute approximate surface area is 173 Å². The van der Waals surface area contributed by atoms with Gasteiger partial charge in [0.2, 0.25) is 11.8 Å². The van der Waals surface area contributed by atoms with Crippen molar-refractivity contribution in [2.75, 3.05) is 13.1 Å². The Morgan fingerprint density at radius 2 is 1.79 bits per heavy atom. The van der Waals surface area contributed by atoms with Gasteiger partial charge in [0.1, 0.15) is 6.10 Å². The number of ether oxygens (including phenoxy) is 1. The van der Waals surface area contributed by atoms with Crippen molar-refractivity contribution in [3.8, 4) is 17.0 Å². The van der Waals surface area contributed by atoms with Gasteiger partial charge in [-0.05, 0) is 38.7 Å². The summed E-state index contributed by atoms with van der Waals surface area (Å²) in [5.41, 5.74) is 3.37. The van der Waals surface area contributed by atoms with Crippen LogP contribution >= 0.6 is 15.9 Å². The number of carbonyl (C=O) groups excluding carboxylic acids is 1. The average molecular weight is 437 g/mol. The van der Waals surface area contributed by atoms with Gasteiger partial charge >= 0.3 is 0 Å². The summed E-state index contributed by atoms with van der Waals surface area (Å²) in [4.78, 5) is 18.8. The smallest absolute Gasteiger partial charge is 0.227 e. The normalized spacial score (nSPS) is 16.2. The largest absolute Gasteiger partial charge is 0.472 e. The van der Waals surface area contributed by atoms with Crippen molar-refractivity contribution in [3.63, 3.8) is 0 Å². The summed E-state index contributed by atoms with van der Waals surface area (Å²) in [7, 11) is 0. The van der Waals surface area contributed by atoms with Crippen LogP contribution in [-0.2, 0) is 11.2 Å². The molecule has 2 heterocycles. The Morgan fingerprint density at radius 1 is 1.04 bits per heavy atom. The van der Waals surface area contributed by atoms with Crippen molar-refractivity contribution in [3.05, 3.63) is 83.0 Å². The van der Waals surface area contributed by atoms with E-state index in [0.29, 0.717) is 18.8 Å². The van der Waals surface area contributed by atoms with Crippen LogP contribution in [0.5, 0.6) is 5.88 Å². The third-order valence-corrected chi connectivity index (χ3v) is 5.37. The summed E-state index contributed by atoms with van der Waals surface area (Å²) in [5.74, 6) is 0.737. The van der Waals surface area contributed by atoms with Crippen molar-refractivity contribution in [1.29, 1.82) is 0 Å². The first-order chi connectivity index (χ1) is 13.7. The zero-order valence-electron chi connectivity index (χ0n) is 15.4. The molecule has 1 amide bonds. The first-order valence-corrected chi connectivity index (χ1v) is 10.2. The number of rotatable bonds is 5. The van der Waals surface area contributed by atoms with Crippen LogP contribution in [0.4, 0.5) is 0 Å². The first-order valence-electron chi connectivity index (χ1n) is 9.38. The lowest BCUT2D eigenvalue weighted by Gasteiger charge is -2.17. The Kier molecular flexibility index (Phi) is 5.72. The maximum Gasteiger partial charge on any atom is 0.227 e. The zero-order valence-corrected chi connectivity index (χ0v) is 17.0. The quantitative estimate of drug-likeness (QED) is 0.580. The molecule has 4 rings (SSSR count). The molecule has 1 aromatic heterocycles. The van der Waals surface area contributed by atoms with Gasteiger partial charge < -0.3 is 9.64 Å². The summed E-state index contributed by atoms with van der Waals surface area (Å²) < 4.78 is 6.82. The van der Waals surface area contributed by atoms with Crippen molar-refractivity contribution in [1.82, 2.24) is 9.88 Å². The highest BCUT2D eigenvalue weighted by Gasteiger charge is 2.27. The zero-order chi connectivity index (χ0) is 19.3. The Bertz CT molecular complexity index is 927. The van der Waals surface area contributed by atoms with E-state index in [1.165, 1.54) is 5.56 Å². The Balaban J connectivity index is 1.32. The molecular formula is C23H21BrN2O2. The van der Waals surface area contributed by atoms with E-state index in [1.807, 2.05) is 47.4 Å². The monoisotopic (exact) mass is 436 g/mol. The predicted molar refractivity (Wildman–Crippen MR) is 113 cm³/mol. The molecule has 0 N–H and O–H groups in total. The maximum absolute atomic E-state index is 12.7. The van der Waals surface area contributed by atoms with E-state index in [9.17, 15) is 4.79 Å². The van der Waals surface area contributed by atoms with E-state index in [1.54, 1.807) is 6.20 Å². The highest BCUT2D eigenvalue weighted by Crippen LogP contribution is 2.21. The van der Waals surface area contributed by atoms with Gasteiger partial charge in [-0.15, -0.1) is 0 Å². The average Bonchev–Trinajstić information content (AvgIpc) is 3.20. The Morgan fingerprint density at radius 3 is 2.50 bits per heavy atom. The van der Waals surface area contributed by atoms with Gasteiger partial charge in [0.25, 0.3) is 0 Å². The van der Waals surface area contributed by atoms with E-state index in [0.717, 1.165) is 28.6 Å². The summed E-state index contributed by atoms with van der Waals surface area (Å²) in [6, 6.07) is 22.2. The minimum Gasteiger partial charge on any atom is -0.472 e. The molecule has 3 aromatic rings. The van der Waals surface area contributed by atoms with Gasteiger partial charge in [-0.1, -0.05) is 54.6 Å². The van der Waals surface area contributed by atoms with Gasteiger partial charge in [-0.25, -0.2) is 4.98 Å². The highest BCUT2D eigenvalue weighted by molar-refractivity contribution is 9.10. The van der Waals surface area contributed by atoms with Crippen LogP contribution in [0.1, 0.15) is 12.0 Å². The van der Waals surface area contributed by atoms with Crippen LogP contribution in [-0.4, -0.2) is 35.0 Å². The van der Waals surface area contributed by atoms with E-state index in [-0.39, 0.29) is 12.0 Å². The molecule has 0 radical (unpaired) electrons. The SMILES string of the molecule is O=C(Cc1ccc(-c2ccccc2)cc1)N1CCC(Oc2ccc(Br)cn2)C1. The van der Waals surface area contributed by atoms with E-state index in [2.05, 4.69) is 45.2 Å². The van der Waals surface area contributed by atoms with E-state index < -0.39 is 0 Å². The van der Waals surface area contributed by atoms with Crippen LogP contribution < -0.4 is 4.74 Å². The minimum absolute atomic E-state index is 0.00178. The number of carbonyl (C=O) groups is 1. The van der Waals surface area contributed by atoms with Gasteiger partial charge in [0.15, 0.2) is 0 Å². The van der Waals surface area contributed by atoms with Crippen LogP contribution in [0.3, 0.4) is 0 Å². The first kappa shape index (κ1) is 18.7. The lowest BCUT2D eigenvalue weighted by Crippen LogP contribution is -2.32. The van der Waals surface area contributed by atoms with Crippen LogP contribution in [0.25, 0.3) is 11.1 Å². The molecule has 1 atom stereocenters. The maximum atomic E-state index is 12.7. The third-order valence-electron chi connectivity index (χ3n) is 4.90. The number of amides is 1. The molecule has 142 valence electrons. The van der Waals surface area contributed by atoms with Crippen LogP contribution in [0, 0.1) is 0 Å². The second-order valence-electron chi connectivity index (χ2n) is 6.92. The molecule has 0 spiro atoms. The predicted octanol–water partition coefficient (Wildman–Crippen LogP) is 4.73. The van der Waals surface area contributed by atoms with Crippen molar-refractivity contribution >= 4 is 21.8 Å². The molecule has 1 unspecified atom stereocenters. The summed E-state index contributed by atoms with van der Waals surface area (Å²) in [5, 5.41) is 0. The topological polar surface area (TPSA) is 42.4 Å². The second-order valence-corrected chi connectivity index (χ2v) is 7.84. The van der Waals surface area contributed by atoms with Crippen molar-refractivity contribution in [2.45, 2.75) is 18.9 Å². The molecule has 0 aliphatic carbocycles. The fourth-order valence-electron chi connectivity index (χ4n) is 3.39. The van der Waals surface area contributed by atoms with Gasteiger partial charge in [0, 0.05) is 29.7 Å². The standard InChI is InChI=1S/C23H21BrN2O2/c24-20-10-11-22(25-15-20)28-21-12-13-26(16-21)23(27)14-17-6-8-19(9-7-17)18-4-2-1-3-5-18/h1-11,15,21H,12-14,16H2.